The number of amides is 1. The molecule has 120 valence electrons. The van der Waals surface area contributed by atoms with Crippen LogP contribution in [0.3, 0.4) is 0 Å². The molecule has 4 nitrogen and oxygen atoms in total. The second-order valence-electron chi connectivity index (χ2n) is 5.96. The molecule has 2 aromatic rings. The first kappa shape index (κ1) is 15.5. The Morgan fingerprint density at radius 1 is 1.30 bits per heavy atom. The van der Waals surface area contributed by atoms with Crippen molar-refractivity contribution >= 4 is 5.91 Å². The summed E-state index contributed by atoms with van der Waals surface area (Å²) >= 11 is 0. The Morgan fingerprint density at radius 3 is 2.83 bits per heavy atom. The summed E-state index contributed by atoms with van der Waals surface area (Å²) in [6.45, 7) is 1.66. The van der Waals surface area contributed by atoms with Gasteiger partial charge in [-0.05, 0) is 42.2 Å². The lowest BCUT2D eigenvalue weighted by Gasteiger charge is -2.16. The fourth-order valence-electron chi connectivity index (χ4n) is 3.08. The standard InChI is InChI=1S/C19H22N2O2/c1-23-18-7-4-15(5-8-18)6-9-19(22)21-12-10-17(14-21)16-3-2-11-20-13-16/h2-5,7-8,11,13,17H,6,9-10,12,14H2,1H3. The predicted octanol–water partition coefficient (Wildman–Crippen LogP) is 3.04. The molecule has 1 unspecified atom stereocenters. The molecule has 1 aromatic heterocycles. The number of hydrogen-bond donors (Lipinski definition) is 0. The average Bonchev–Trinajstić information content (AvgIpc) is 3.11. The van der Waals surface area contributed by atoms with Gasteiger partial charge in [0, 0.05) is 37.8 Å². The maximum Gasteiger partial charge on any atom is 0.222 e. The van der Waals surface area contributed by atoms with Gasteiger partial charge in [-0.15, -0.1) is 0 Å². The highest BCUT2D eigenvalue weighted by Gasteiger charge is 2.26. The maximum atomic E-state index is 12.4. The second-order valence-corrected chi connectivity index (χ2v) is 5.96. The average molecular weight is 310 g/mol. The molecule has 23 heavy (non-hydrogen) atoms. The molecule has 0 radical (unpaired) electrons. The number of carbonyl (C=O) groups excluding carboxylic acids is 1. The Kier molecular flexibility index (Phi) is 4.91. The van der Waals surface area contributed by atoms with Crippen LogP contribution in [0.4, 0.5) is 0 Å². The predicted molar refractivity (Wildman–Crippen MR) is 89.5 cm³/mol. The molecule has 1 amide bonds. The monoisotopic (exact) mass is 310 g/mol. The highest BCUT2D eigenvalue weighted by molar-refractivity contribution is 5.76. The van der Waals surface area contributed by atoms with E-state index in [9.17, 15) is 4.79 Å². The Hall–Kier alpha value is -2.36. The van der Waals surface area contributed by atoms with Gasteiger partial charge in [0.15, 0.2) is 0 Å². The van der Waals surface area contributed by atoms with E-state index in [1.165, 1.54) is 11.1 Å². The van der Waals surface area contributed by atoms with E-state index in [2.05, 4.69) is 11.1 Å². The molecule has 1 fully saturated rings. The van der Waals surface area contributed by atoms with Crippen molar-refractivity contribution in [2.45, 2.75) is 25.2 Å². The van der Waals surface area contributed by atoms with Crippen molar-refractivity contribution in [1.82, 2.24) is 9.88 Å². The molecule has 3 rings (SSSR count). The normalized spacial score (nSPS) is 17.3. The van der Waals surface area contributed by atoms with Crippen LogP contribution < -0.4 is 4.74 Å². The van der Waals surface area contributed by atoms with Gasteiger partial charge in [-0.25, -0.2) is 0 Å². The molecule has 0 saturated carbocycles. The van der Waals surface area contributed by atoms with Crippen LogP contribution in [0.15, 0.2) is 48.8 Å². The number of likely N-dealkylation sites (tertiary alicyclic amines) is 1. The molecule has 0 spiro atoms. The molecular formula is C19H22N2O2. The Balaban J connectivity index is 1.51. The zero-order chi connectivity index (χ0) is 16.1. The summed E-state index contributed by atoms with van der Waals surface area (Å²) < 4.78 is 5.15. The fraction of sp³-hybridized carbons (Fsp3) is 0.368. The molecule has 0 bridgehead atoms. The van der Waals surface area contributed by atoms with Crippen LogP contribution in [0.5, 0.6) is 5.75 Å². The maximum absolute atomic E-state index is 12.4. The van der Waals surface area contributed by atoms with E-state index in [0.717, 1.165) is 31.7 Å². The lowest BCUT2D eigenvalue weighted by atomic mass is 10.0. The topological polar surface area (TPSA) is 42.4 Å². The van der Waals surface area contributed by atoms with Crippen LogP contribution in [-0.4, -0.2) is 36.0 Å². The summed E-state index contributed by atoms with van der Waals surface area (Å²) in [4.78, 5) is 18.6. The van der Waals surface area contributed by atoms with Crippen LogP contribution in [-0.2, 0) is 11.2 Å². The molecule has 1 aromatic carbocycles. The van der Waals surface area contributed by atoms with Crippen molar-refractivity contribution in [3.8, 4) is 5.75 Å². The zero-order valence-electron chi connectivity index (χ0n) is 13.4. The second kappa shape index (κ2) is 7.27. The number of methoxy groups -OCH3 is 1. The largest absolute Gasteiger partial charge is 0.497 e. The van der Waals surface area contributed by atoms with E-state index in [1.807, 2.05) is 41.4 Å². The van der Waals surface area contributed by atoms with Crippen molar-refractivity contribution in [2.24, 2.45) is 0 Å². The van der Waals surface area contributed by atoms with Crippen molar-refractivity contribution in [3.05, 3.63) is 59.9 Å². The molecule has 1 atom stereocenters. The zero-order valence-corrected chi connectivity index (χ0v) is 13.4. The van der Waals surface area contributed by atoms with Gasteiger partial charge in [0.2, 0.25) is 5.91 Å². The van der Waals surface area contributed by atoms with Crippen LogP contribution in [0.1, 0.15) is 29.9 Å². The molecule has 0 aliphatic carbocycles. The van der Waals surface area contributed by atoms with Gasteiger partial charge in [-0.3, -0.25) is 9.78 Å². The third-order valence-electron chi connectivity index (χ3n) is 4.48. The minimum Gasteiger partial charge on any atom is -0.497 e. The van der Waals surface area contributed by atoms with Gasteiger partial charge < -0.3 is 9.64 Å². The minimum absolute atomic E-state index is 0.243. The SMILES string of the molecule is COc1ccc(CCC(=O)N2CCC(c3cccnc3)C2)cc1. The van der Waals surface area contributed by atoms with Crippen LogP contribution >= 0.6 is 0 Å². The van der Waals surface area contributed by atoms with Gasteiger partial charge in [0.25, 0.3) is 0 Å². The summed E-state index contributed by atoms with van der Waals surface area (Å²) in [7, 11) is 1.66. The van der Waals surface area contributed by atoms with Crippen molar-refractivity contribution < 1.29 is 9.53 Å². The number of aryl methyl sites for hydroxylation is 1. The van der Waals surface area contributed by atoms with Gasteiger partial charge in [-0.1, -0.05) is 18.2 Å². The lowest BCUT2D eigenvalue weighted by Crippen LogP contribution is -2.28. The quantitative estimate of drug-likeness (QED) is 0.852. The Labute approximate surface area is 137 Å². The first-order chi connectivity index (χ1) is 11.3. The minimum atomic E-state index is 0.243. The molecule has 1 saturated heterocycles. The number of pyridine rings is 1. The fourth-order valence-corrected chi connectivity index (χ4v) is 3.08. The van der Waals surface area contributed by atoms with Crippen LogP contribution in [0.25, 0.3) is 0 Å². The number of aromatic nitrogens is 1. The highest BCUT2D eigenvalue weighted by atomic mass is 16.5. The van der Waals surface area contributed by atoms with E-state index in [0.29, 0.717) is 12.3 Å². The number of hydrogen-bond acceptors (Lipinski definition) is 3. The summed E-state index contributed by atoms with van der Waals surface area (Å²) in [5, 5.41) is 0. The molecule has 4 heteroatoms. The Bertz CT molecular complexity index is 640. The van der Waals surface area contributed by atoms with Gasteiger partial charge >= 0.3 is 0 Å². The summed E-state index contributed by atoms with van der Waals surface area (Å²) in [5.41, 5.74) is 2.40. The number of ether oxygens (including phenoxy) is 1. The summed E-state index contributed by atoms with van der Waals surface area (Å²) in [5.74, 6) is 1.51. The van der Waals surface area contributed by atoms with Crippen molar-refractivity contribution in [2.75, 3.05) is 20.2 Å². The van der Waals surface area contributed by atoms with Crippen molar-refractivity contribution in [3.63, 3.8) is 0 Å². The van der Waals surface area contributed by atoms with Crippen LogP contribution in [0, 0.1) is 0 Å². The molecule has 0 N–H and O–H groups in total. The van der Waals surface area contributed by atoms with Crippen molar-refractivity contribution in [1.29, 1.82) is 0 Å². The van der Waals surface area contributed by atoms with E-state index in [-0.39, 0.29) is 5.91 Å². The molecule has 1 aliphatic heterocycles. The van der Waals surface area contributed by atoms with Gasteiger partial charge in [0.1, 0.15) is 5.75 Å². The smallest absolute Gasteiger partial charge is 0.222 e. The molecule has 1 aliphatic rings. The number of nitrogens with zero attached hydrogens (tertiary/aromatic N) is 2. The van der Waals surface area contributed by atoms with Gasteiger partial charge in [-0.2, -0.15) is 0 Å². The third-order valence-corrected chi connectivity index (χ3v) is 4.48. The van der Waals surface area contributed by atoms with E-state index >= 15 is 0 Å². The van der Waals surface area contributed by atoms with Gasteiger partial charge in [0.05, 0.1) is 7.11 Å². The van der Waals surface area contributed by atoms with E-state index < -0.39 is 0 Å². The van der Waals surface area contributed by atoms with Crippen LogP contribution in [0.2, 0.25) is 0 Å². The number of benzene rings is 1. The number of carbonyl (C=O) groups is 1. The first-order valence-electron chi connectivity index (χ1n) is 8.07. The first-order valence-corrected chi connectivity index (χ1v) is 8.07. The molecule has 2 heterocycles. The van der Waals surface area contributed by atoms with E-state index in [4.69, 9.17) is 4.74 Å². The summed E-state index contributed by atoms with van der Waals surface area (Å²) in [6, 6.07) is 12.0. The number of rotatable bonds is 5. The lowest BCUT2D eigenvalue weighted by molar-refractivity contribution is -0.130. The third kappa shape index (κ3) is 3.89. The van der Waals surface area contributed by atoms with E-state index in [1.54, 1.807) is 13.3 Å². The highest BCUT2D eigenvalue weighted by Crippen LogP contribution is 2.27. The Morgan fingerprint density at radius 2 is 2.13 bits per heavy atom. The summed E-state index contributed by atoms with van der Waals surface area (Å²) in [6.07, 6.45) is 6.06. The molecular weight excluding hydrogens is 288 g/mol.